The van der Waals surface area contributed by atoms with Gasteiger partial charge in [0.1, 0.15) is 5.00 Å². The van der Waals surface area contributed by atoms with Crippen molar-refractivity contribution in [3.8, 4) is 11.4 Å². The van der Waals surface area contributed by atoms with Crippen LogP contribution in [0.4, 0.5) is 5.00 Å². The average Bonchev–Trinajstić information content (AvgIpc) is 3.43. The number of fused-ring (bicyclic) bond motifs is 1. The monoisotopic (exact) mass is 490 g/mol. The van der Waals surface area contributed by atoms with E-state index in [4.69, 9.17) is 4.74 Å². The van der Waals surface area contributed by atoms with E-state index in [1.807, 2.05) is 11.6 Å². The van der Waals surface area contributed by atoms with Gasteiger partial charge in [0.05, 0.1) is 18.4 Å². The van der Waals surface area contributed by atoms with Gasteiger partial charge in [-0.25, -0.2) is 4.79 Å². The summed E-state index contributed by atoms with van der Waals surface area (Å²) in [5.74, 6) is 0.404. The molecule has 0 radical (unpaired) electrons. The first-order valence-corrected chi connectivity index (χ1v) is 13.3. The highest BCUT2D eigenvalue weighted by molar-refractivity contribution is 7.99. The highest BCUT2D eigenvalue weighted by atomic mass is 32.2. The summed E-state index contributed by atoms with van der Waals surface area (Å²) in [7, 11) is 3.29. The molecule has 3 aromatic heterocycles. The number of anilines is 1. The summed E-state index contributed by atoms with van der Waals surface area (Å²) in [4.78, 5) is 27.7. The van der Waals surface area contributed by atoms with Crippen LogP contribution in [0.25, 0.3) is 11.4 Å². The fourth-order valence-corrected chi connectivity index (χ4v) is 6.56. The van der Waals surface area contributed by atoms with Crippen molar-refractivity contribution in [1.29, 1.82) is 0 Å². The van der Waals surface area contributed by atoms with Gasteiger partial charge in [0.15, 0.2) is 11.0 Å². The summed E-state index contributed by atoms with van der Waals surface area (Å²) in [6.07, 6.45) is 6.32. The Morgan fingerprint density at radius 1 is 1.22 bits per heavy atom. The summed E-state index contributed by atoms with van der Waals surface area (Å²) in [5, 5.41) is 14.8. The number of esters is 1. The van der Waals surface area contributed by atoms with Crippen LogP contribution in [0.15, 0.2) is 16.6 Å². The maximum Gasteiger partial charge on any atom is 0.341 e. The van der Waals surface area contributed by atoms with Gasteiger partial charge in [-0.3, -0.25) is 4.79 Å². The third kappa shape index (κ3) is 4.92. The zero-order valence-electron chi connectivity index (χ0n) is 18.4. The molecule has 0 aliphatic heterocycles. The van der Waals surface area contributed by atoms with Crippen molar-refractivity contribution in [1.82, 2.24) is 14.8 Å². The van der Waals surface area contributed by atoms with Gasteiger partial charge in [-0.1, -0.05) is 24.6 Å². The minimum atomic E-state index is -0.380. The first-order chi connectivity index (χ1) is 15.5. The maximum absolute atomic E-state index is 12.8. The number of aryl methyl sites for hydroxylation is 2. The topological polar surface area (TPSA) is 86.1 Å². The van der Waals surface area contributed by atoms with Crippen molar-refractivity contribution in [2.45, 2.75) is 50.6 Å². The Bertz CT molecular complexity index is 1130. The van der Waals surface area contributed by atoms with E-state index in [0.29, 0.717) is 15.7 Å². The van der Waals surface area contributed by atoms with Gasteiger partial charge < -0.3 is 14.6 Å². The van der Waals surface area contributed by atoms with Crippen molar-refractivity contribution in [3.63, 3.8) is 0 Å². The van der Waals surface area contributed by atoms with E-state index in [1.54, 1.807) is 11.3 Å². The number of thiophene rings is 2. The van der Waals surface area contributed by atoms with Crippen molar-refractivity contribution < 1.29 is 14.3 Å². The molecule has 0 saturated carbocycles. The molecular formula is C22H26N4O3S3. The molecular weight excluding hydrogens is 464 g/mol. The fraction of sp³-hybridized carbons (Fsp3) is 0.455. The molecule has 1 aliphatic carbocycles. The lowest BCUT2D eigenvalue weighted by Gasteiger charge is -2.11. The molecule has 7 nitrogen and oxygen atoms in total. The Morgan fingerprint density at radius 3 is 2.72 bits per heavy atom. The van der Waals surface area contributed by atoms with Crippen LogP contribution in [0.1, 0.15) is 51.4 Å². The third-order valence-corrected chi connectivity index (χ3v) is 8.56. The van der Waals surface area contributed by atoms with Crippen LogP contribution < -0.4 is 5.32 Å². The second-order valence-corrected chi connectivity index (χ2v) is 10.9. The number of amides is 1. The second kappa shape index (κ2) is 10.2. The van der Waals surface area contributed by atoms with Crippen LogP contribution in [0.3, 0.4) is 0 Å². The highest BCUT2D eigenvalue weighted by Gasteiger charge is 2.26. The van der Waals surface area contributed by atoms with Crippen molar-refractivity contribution in [2.75, 3.05) is 18.2 Å². The van der Waals surface area contributed by atoms with E-state index in [1.165, 1.54) is 52.8 Å². The molecule has 0 aromatic carbocycles. The Labute approximate surface area is 199 Å². The van der Waals surface area contributed by atoms with Gasteiger partial charge in [-0.2, -0.15) is 0 Å². The number of hydrogen-bond acceptors (Lipinski definition) is 8. The summed E-state index contributed by atoms with van der Waals surface area (Å²) in [6, 6.07) is 2.08. The lowest BCUT2D eigenvalue weighted by Crippen LogP contribution is -2.16. The molecule has 32 heavy (non-hydrogen) atoms. The molecule has 0 bridgehead atoms. The summed E-state index contributed by atoms with van der Waals surface area (Å²) in [5.41, 5.74) is 2.60. The van der Waals surface area contributed by atoms with Gasteiger partial charge in [0, 0.05) is 27.7 Å². The standard InChI is InChI=1S/C22H26N4O3S3/c1-13-10-14(11-30-13)19-24-25-22(26(19)2)31-12-17(27)23-20-18(21(28)29-3)15-8-6-4-5-7-9-16(15)32-20/h10-11H,4-9,12H2,1-3H3,(H,23,27). The number of rotatable bonds is 6. The lowest BCUT2D eigenvalue weighted by atomic mass is 9.96. The molecule has 1 N–H and O–H groups in total. The van der Waals surface area contributed by atoms with Crippen molar-refractivity contribution in [2.24, 2.45) is 7.05 Å². The zero-order valence-corrected chi connectivity index (χ0v) is 20.8. The number of nitrogens with one attached hydrogen (secondary N) is 1. The van der Waals surface area contributed by atoms with Gasteiger partial charge in [0.25, 0.3) is 0 Å². The normalized spacial score (nSPS) is 13.8. The van der Waals surface area contributed by atoms with Gasteiger partial charge >= 0.3 is 5.97 Å². The maximum atomic E-state index is 12.8. The second-order valence-electron chi connectivity index (χ2n) is 7.76. The van der Waals surface area contributed by atoms with E-state index in [-0.39, 0.29) is 17.6 Å². The van der Waals surface area contributed by atoms with Gasteiger partial charge in [-0.05, 0) is 44.2 Å². The first-order valence-electron chi connectivity index (χ1n) is 10.6. The molecule has 3 aromatic rings. The molecule has 1 aliphatic rings. The van der Waals surface area contributed by atoms with Crippen LogP contribution in [0.5, 0.6) is 0 Å². The number of nitrogens with zero attached hydrogens (tertiary/aromatic N) is 3. The number of methoxy groups -OCH3 is 1. The van der Waals surface area contributed by atoms with Crippen LogP contribution in [0.2, 0.25) is 0 Å². The molecule has 0 atom stereocenters. The van der Waals surface area contributed by atoms with E-state index in [2.05, 4.69) is 33.9 Å². The van der Waals surface area contributed by atoms with Crippen LogP contribution in [0, 0.1) is 6.92 Å². The number of carbonyl (C=O) groups excluding carboxylic acids is 2. The largest absolute Gasteiger partial charge is 0.465 e. The molecule has 10 heteroatoms. The molecule has 170 valence electrons. The first kappa shape index (κ1) is 23.0. The zero-order chi connectivity index (χ0) is 22.7. The van der Waals surface area contributed by atoms with Crippen LogP contribution >= 0.6 is 34.4 Å². The minimum absolute atomic E-state index is 0.176. The SMILES string of the molecule is COC(=O)c1c(NC(=O)CSc2nnc(-c3csc(C)c3)n2C)sc2c1CCCCCC2. The summed E-state index contributed by atoms with van der Waals surface area (Å²) in [6.45, 7) is 2.05. The number of ether oxygens (including phenoxy) is 1. The van der Waals surface area contributed by atoms with E-state index in [9.17, 15) is 9.59 Å². The molecule has 0 saturated heterocycles. The Morgan fingerprint density at radius 2 is 2.00 bits per heavy atom. The Balaban J connectivity index is 1.47. The van der Waals surface area contributed by atoms with Crippen LogP contribution in [-0.2, 0) is 29.4 Å². The van der Waals surface area contributed by atoms with Crippen LogP contribution in [-0.4, -0.2) is 39.5 Å². The van der Waals surface area contributed by atoms with E-state index in [0.717, 1.165) is 42.6 Å². The molecule has 4 rings (SSSR count). The smallest absolute Gasteiger partial charge is 0.341 e. The Hall–Kier alpha value is -2.17. The average molecular weight is 491 g/mol. The molecule has 0 fully saturated rings. The number of hydrogen-bond donors (Lipinski definition) is 1. The quantitative estimate of drug-likeness (QED) is 0.383. The number of aromatic nitrogens is 3. The molecule has 1 amide bonds. The molecule has 3 heterocycles. The van der Waals surface area contributed by atoms with Gasteiger partial charge in [0.2, 0.25) is 5.91 Å². The summed E-state index contributed by atoms with van der Waals surface area (Å²) >= 11 is 4.51. The predicted molar refractivity (Wildman–Crippen MR) is 130 cm³/mol. The molecule has 0 unspecified atom stereocenters. The highest BCUT2D eigenvalue weighted by Crippen LogP contribution is 2.37. The van der Waals surface area contributed by atoms with E-state index >= 15 is 0 Å². The van der Waals surface area contributed by atoms with Gasteiger partial charge in [-0.15, -0.1) is 32.9 Å². The fourth-order valence-electron chi connectivity index (χ4n) is 3.87. The van der Waals surface area contributed by atoms with Crippen molar-refractivity contribution >= 4 is 51.3 Å². The minimum Gasteiger partial charge on any atom is -0.465 e. The van der Waals surface area contributed by atoms with E-state index < -0.39 is 0 Å². The number of thioether (sulfide) groups is 1. The summed E-state index contributed by atoms with van der Waals surface area (Å²) < 4.78 is 6.94. The van der Waals surface area contributed by atoms with Crippen molar-refractivity contribution in [3.05, 3.63) is 32.3 Å². The Kier molecular flexibility index (Phi) is 7.32. The lowest BCUT2D eigenvalue weighted by molar-refractivity contribution is -0.113. The number of carbonyl (C=O) groups is 2. The predicted octanol–water partition coefficient (Wildman–Crippen LogP) is 5.09. The molecule has 0 spiro atoms. The third-order valence-electron chi connectivity index (χ3n) is 5.47.